The van der Waals surface area contributed by atoms with Crippen LogP contribution in [0.25, 0.3) is 0 Å². The Morgan fingerprint density at radius 3 is 2.05 bits per heavy atom. The molecular weight excluding hydrogens is 274 g/mol. The molecule has 0 aromatic carbocycles. The lowest BCUT2D eigenvalue weighted by Gasteiger charge is -2.35. The van der Waals surface area contributed by atoms with E-state index in [2.05, 4.69) is 6.92 Å². The van der Waals surface area contributed by atoms with E-state index in [0.29, 0.717) is 25.4 Å². The van der Waals surface area contributed by atoms with Gasteiger partial charge in [-0.1, -0.05) is 32.6 Å². The smallest absolute Gasteiger partial charge is 0.160 e. The summed E-state index contributed by atoms with van der Waals surface area (Å²) in [7, 11) is 1.44. The van der Waals surface area contributed by atoms with Crippen molar-refractivity contribution in [2.75, 3.05) is 13.7 Å². The summed E-state index contributed by atoms with van der Waals surface area (Å²) >= 11 is 0. The molecule has 4 heteroatoms. The standard InChI is InChI=1S/C17H30F2O2/c1-3-4-12-5-7-13(8-6-12)11-21-15-10-9-14(20-2)16(18)17(15)19/h12-17H,3-11H2,1-2H3. The zero-order chi connectivity index (χ0) is 15.2. The Balaban J connectivity index is 1.69. The summed E-state index contributed by atoms with van der Waals surface area (Å²) in [6.07, 6.45) is 4.30. The van der Waals surface area contributed by atoms with Gasteiger partial charge in [0.1, 0.15) is 0 Å². The average molecular weight is 304 g/mol. The number of alkyl halides is 2. The molecule has 2 saturated carbocycles. The molecule has 0 aromatic rings. The fraction of sp³-hybridized carbons (Fsp3) is 1.00. The van der Waals surface area contributed by atoms with Crippen molar-refractivity contribution in [1.82, 2.24) is 0 Å². The number of methoxy groups -OCH3 is 1. The summed E-state index contributed by atoms with van der Waals surface area (Å²) in [5, 5.41) is 0. The predicted molar refractivity (Wildman–Crippen MR) is 79.9 cm³/mol. The molecule has 0 aromatic heterocycles. The molecule has 0 radical (unpaired) electrons. The average Bonchev–Trinajstić information content (AvgIpc) is 2.50. The van der Waals surface area contributed by atoms with Crippen LogP contribution >= 0.6 is 0 Å². The molecule has 2 nitrogen and oxygen atoms in total. The van der Waals surface area contributed by atoms with Crippen LogP contribution < -0.4 is 0 Å². The van der Waals surface area contributed by atoms with Crippen LogP contribution in [-0.4, -0.2) is 38.3 Å². The minimum absolute atomic E-state index is 0.531. The topological polar surface area (TPSA) is 18.5 Å². The van der Waals surface area contributed by atoms with E-state index >= 15 is 0 Å². The second-order valence-corrected chi connectivity index (χ2v) is 6.79. The second kappa shape index (κ2) is 8.42. The van der Waals surface area contributed by atoms with Crippen LogP contribution in [0.4, 0.5) is 8.78 Å². The van der Waals surface area contributed by atoms with Gasteiger partial charge in [0.25, 0.3) is 0 Å². The van der Waals surface area contributed by atoms with Gasteiger partial charge in [0.05, 0.1) is 12.2 Å². The molecule has 2 aliphatic rings. The highest BCUT2D eigenvalue weighted by Gasteiger charge is 2.41. The molecule has 0 amide bonds. The van der Waals surface area contributed by atoms with Crippen molar-refractivity contribution in [3.8, 4) is 0 Å². The summed E-state index contributed by atoms with van der Waals surface area (Å²) < 4.78 is 38.5. The van der Waals surface area contributed by atoms with Gasteiger partial charge < -0.3 is 9.47 Å². The van der Waals surface area contributed by atoms with Crippen molar-refractivity contribution in [3.05, 3.63) is 0 Å². The van der Waals surface area contributed by atoms with Gasteiger partial charge in [0.15, 0.2) is 12.3 Å². The summed E-state index contributed by atoms with van der Waals surface area (Å²) in [6, 6.07) is 0. The zero-order valence-corrected chi connectivity index (χ0v) is 13.4. The molecule has 21 heavy (non-hydrogen) atoms. The molecule has 2 fully saturated rings. The first-order valence-electron chi connectivity index (χ1n) is 8.58. The number of hydrogen-bond acceptors (Lipinski definition) is 2. The largest absolute Gasteiger partial charge is 0.378 e. The molecule has 0 spiro atoms. The molecule has 2 rings (SSSR count). The third-order valence-corrected chi connectivity index (χ3v) is 5.26. The van der Waals surface area contributed by atoms with Gasteiger partial charge in [-0.2, -0.15) is 0 Å². The van der Waals surface area contributed by atoms with Gasteiger partial charge in [0, 0.05) is 13.7 Å². The Labute approximate surface area is 127 Å². The first-order valence-corrected chi connectivity index (χ1v) is 8.58. The highest BCUT2D eigenvalue weighted by molar-refractivity contribution is 4.90. The lowest BCUT2D eigenvalue weighted by molar-refractivity contribution is -0.115. The zero-order valence-electron chi connectivity index (χ0n) is 13.4. The van der Waals surface area contributed by atoms with Crippen molar-refractivity contribution in [2.45, 2.75) is 82.8 Å². The highest BCUT2D eigenvalue weighted by atomic mass is 19.2. The van der Waals surface area contributed by atoms with Crippen LogP contribution in [0.1, 0.15) is 58.3 Å². The van der Waals surface area contributed by atoms with Gasteiger partial charge in [0.2, 0.25) is 0 Å². The molecule has 124 valence electrons. The molecule has 2 aliphatic carbocycles. The number of hydrogen-bond donors (Lipinski definition) is 0. The minimum atomic E-state index is -1.55. The molecule has 0 saturated heterocycles. The lowest BCUT2D eigenvalue weighted by Crippen LogP contribution is -2.46. The first kappa shape index (κ1) is 17.1. The number of rotatable bonds is 6. The van der Waals surface area contributed by atoms with E-state index in [1.807, 2.05) is 0 Å². The normalized spacial score (nSPS) is 41.1. The van der Waals surface area contributed by atoms with E-state index in [1.165, 1.54) is 45.6 Å². The molecular formula is C17H30F2O2. The summed E-state index contributed by atoms with van der Waals surface area (Å²) in [5.41, 5.74) is 0. The Kier molecular flexibility index (Phi) is 6.87. The summed E-state index contributed by atoms with van der Waals surface area (Å²) in [6.45, 7) is 2.83. The van der Waals surface area contributed by atoms with Gasteiger partial charge >= 0.3 is 0 Å². The van der Waals surface area contributed by atoms with E-state index in [0.717, 1.165) is 5.92 Å². The Morgan fingerprint density at radius 2 is 1.43 bits per heavy atom. The van der Waals surface area contributed by atoms with Crippen molar-refractivity contribution in [1.29, 1.82) is 0 Å². The molecule has 0 heterocycles. The van der Waals surface area contributed by atoms with Crippen LogP contribution in [-0.2, 0) is 9.47 Å². The molecule has 0 aliphatic heterocycles. The van der Waals surface area contributed by atoms with E-state index < -0.39 is 24.6 Å². The van der Waals surface area contributed by atoms with E-state index in [4.69, 9.17) is 9.47 Å². The van der Waals surface area contributed by atoms with Crippen molar-refractivity contribution < 1.29 is 18.3 Å². The second-order valence-electron chi connectivity index (χ2n) is 6.79. The maximum Gasteiger partial charge on any atom is 0.160 e. The fourth-order valence-corrected chi connectivity index (χ4v) is 3.83. The number of ether oxygens (including phenoxy) is 2. The van der Waals surface area contributed by atoms with Gasteiger partial charge in [-0.25, -0.2) is 8.78 Å². The number of halogens is 2. The first-order chi connectivity index (χ1) is 10.2. The SMILES string of the molecule is CCCC1CCC(COC2CCC(OC)C(F)C2F)CC1. The van der Waals surface area contributed by atoms with Crippen LogP contribution in [0.15, 0.2) is 0 Å². The van der Waals surface area contributed by atoms with Crippen molar-refractivity contribution >= 4 is 0 Å². The highest BCUT2D eigenvalue weighted by Crippen LogP contribution is 2.33. The molecule has 4 unspecified atom stereocenters. The van der Waals surface area contributed by atoms with Gasteiger partial charge in [-0.3, -0.25) is 0 Å². The predicted octanol–water partition coefficient (Wildman–Crippen LogP) is 4.46. The van der Waals surface area contributed by atoms with Crippen LogP contribution in [0.5, 0.6) is 0 Å². The Morgan fingerprint density at radius 1 is 0.857 bits per heavy atom. The Bertz CT molecular complexity index is 293. The molecule has 0 N–H and O–H groups in total. The van der Waals surface area contributed by atoms with E-state index in [-0.39, 0.29) is 0 Å². The fourth-order valence-electron chi connectivity index (χ4n) is 3.83. The summed E-state index contributed by atoms with van der Waals surface area (Å²) in [5.74, 6) is 1.40. The van der Waals surface area contributed by atoms with E-state index in [1.54, 1.807) is 0 Å². The monoisotopic (exact) mass is 304 g/mol. The third-order valence-electron chi connectivity index (χ3n) is 5.26. The third kappa shape index (κ3) is 4.62. The van der Waals surface area contributed by atoms with Crippen LogP contribution in [0, 0.1) is 11.8 Å². The van der Waals surface area contributed by atoms with Gasteiger partial charge in [-0.05, 0) is 37.5 Å². The van der Waals surface area contributed by atoms with Gasteiger partial charge in [-0.15, -0.1) is 0 Å². The van der Waals surface area contributed by atoms with Crippen LogP contribution in [0.3, 0.4) is 0 Å². The quantitative estimate of drug-likeness (QED) is 0.721. The van der Waals surface area contributed by atoms with Crippen molar-refractivity contribution in [2.24, 2.45) is 11.8 Å². The van der Waals surface area contributed by atoms with E-state index in [9.17, 15) is 8.78 Å². The minimum Gasteiger partial charge on any atom is -0.378 e. The molecule has 4 atom stereocenters. The summed E-state index contributed by atoms with van der Waals surface area (Å²) in [4.78, 5) is 0. The lowest BCUT2D eigenvalue weighted by atomic mass is 9.80. The maximum absolute atomic E-state index is 14.0. The maximum atomic E-state index is 14.0. The Hall–Kier alpha value is -0.220. The molecule has 0 bridgehead atoms. The van der Waals surface area contributed by atoms with Crippen LogP contribution in [0.2, 0.25) is 0 Å². The van der Waals surface area contributed by atoms with Crippen molar-refractivity contribution in [3.63, 3.8) is 0 Å².